The van der Waals surface area contributed by atoms with Gasteiger partial charge in [0.05, 0.1) is 19.9 Å². The van der Waals surface area contributed by atoms with Crippen molar-refractivity contribution >= 4 is 11.4 Å². The summed E-state index contributed by atoms with van der Waals surface area (Å²) in [5.41, 5.74) is 0.803. The lowest BCUT2D eigenvalue weighted by molar-refractivity contribution is 0.355. The van der Waals surface area contributed by atoms with Gasteiger partial charge < -0.3 is 14.8 Å². The van der Waals surface area contributed by atoms with E-state index in [4.69, 9.17) is 9.47 Å². The molecule has 0 heterocycles. The third kappa shape index (κ3) is 2.93. The number of nitrogens with one attached hydrogen (secondary N) is 1. The van der Waals surface area contributed by atoms with Crippen molar-refractivity contribution in [3.8, 4) is 11.5 Å². The van der Waals surface area contributed by atoms with Crippen molar-refractivity contribution in [1.82, 2.24) is 0 Å². The van der Waals surface area contributed by atoms with Crippen molar-refractivity contribution in [2.75, 3.05) is 19.5 Å². The quantitative estimate of drug-likeness (QED) is 0.913. The Morgan fingerprint density at radius 2 is 1.63 bits per heavy atom. The highest BCUT2D eigenvalue weighted by Crippen LogP contribution is 2.31. The topological polar surface area (TPSA) is 30.5 Å². The van der Waals surface area contributed by atoms with E-state index in [2.05, 4.69) is 5.32 Å². The van der Waals surface area contributed by atoms with Crippen LogP contribution in [0.5, 0.6) is 11.5 Å². The van der Waals surface area contributed by atoms with Crippen LogP contribution in [0.3, 0.4) is 0 Å². The molecule has 100 valence electrons. The van der Waals surface area contributed by atoms with Crippen molar-refractivity contribution in [2.24, 2.45) is 0 Å². The zero-order valence-corrected chi connectivity index (χ0v) is 10.5. The fourth-order valence-corrected chi connectivity index (χ4v) is 1.66. The van der Waals surface area contributed by atoms with Gasteiger partial charge in [-0.2, -0.15) is 0 Å². The van der Waals surface area contributed by atoms with Gasteiger partial charge in [0.25, 0.3) is 0 Å². The summed E-state index contributed by atoms with van der Waals surface area (Å²) in [5.74, 6) is -0.173. The smallest absolute Gasteiger partial charge is 0.162 e. The number of hydrogen-bond donors (Lipinski definition) is 1. The first-order valence-corrected chi connectivity index (χ1v) is 5.58. The van der Waals surface area contributed by atoms with E-state index in [-0.39, 0.29) is 5.69 Å². The van der Waals surface area contributed by atoms with E-state index < -0.39 is 11.6 Å². The Morgan fingerprint density at radius 1 is 0.895 bits per heavy atom. The van der Waals surface area contributed by atoms with Gasteiger partial charge in [0, 0.05) is 17.8 Å². The first kappa shape index (κ1) is 13.1. The largest absolute Gasteiger partial charge is 0.493 e. The van der Waals surface area contributed by atoms with Crippen molar-refractivity contribution in [1.29, 1.82) is 0 Å². The predicted octanol–water partition coefficient (Wildman–Crippen LogP) is 3.73. The number of benzene rings is 2. The van der Waals surface area contributed by atoms with E-state index >= 15 is 0 Å². The Hall–Kier alpha value is -2.30. The maximum atomic E-state index is 13.5. The van der Waals surface area contributed by atoms with Crippen molar-refractivity contribution in [2.45, 2.75) is 0 Å². The zero-order chi connectivity index (χ0) is 13.8. The molecule has 19 heavy (non-hydrogen) atoms. The lowest BCUT2D eigenvalue weighted by Gasteiger charge is -2.11. The molecule has 0 atom stereocenters. The van der Waals surface area contributed by atoms with Crippen LogP contribution in [-0.2, 0) is 0 Å². The number of rotatable bonds is 4. The summed E-state index contributed by atoms with van der Waals surface area (Å²) >= 11 is 0. The number of hydrogen-bond acceptors (Lipinski definition) is 3. The van der Waals surface area contributed by atoms with Crippen LogP contribution in [0.1, 0.15) is 0 Å². The third-order valence-corrected chi connectivity index (χ3v) is 2.59. The summed E-state index contributed by atoms with van der Waals surface area (Å²) in [6.45, 7) is 0. The average Bonchev–Trinajstić information content (AvgIpc) is 2.41. The number of ether oxygens (including phenoxy) is 2. The molecule has 0 aliphatic heterocycles. The molecule has 3 nitrogen and oxygen atoms in total. The molecular formula is C14H13F2NO2. The molecule has 0 spiro atoms. The Morgan fingerprint density at radius 3 is 2.26 bits per heavy atom. The minimum absolute atomic E-state index is 0.189. The molecule has 0 saturated carbocycles. The number of anilines is 2. The Balaban J connectivity index is 2.28. The van der Waals surface area contributed by atoms with E-state index in [1.807, 2.05) is 0 Å². The SMILES string of the molecule is COc1ccc(Nc2ccc(F)cc2F)cc1OC. The van der Waals surface area contributed by atoms with Crippen LogP contribution < -0.4 is 14.8 Å². The molecule has 0 unspecified atom stereocenters. The minimum atomic E-state index is -0.658. The lowest BCUT2D eigenvalue weighted by Crippen LogP contribution is -1.96. The second-order valence-corrected chi connectivity index (χ2v) is 3.82. The summed E-state index contributed by atoms with van der Waals surface area (Å²) in [6, 6.07) is 8.42. The van der Waals surface area contributed by atoms with E-state index in [9.17, 15) is 8.78 Å². The van der Waals surface area contributed by atoms with Gasteiger partial charge in [0.2, 0.25) is 0 Å². The van der Waals surface area contributed by atoms with Crippen LogP contribution in [0, 0.1) is 11.6 Å². The molecule has 0 fully saturated rings. The molecule has 0 aromatic heterocycles. The standard InChI is InChI=1S/C14H13F2NO2/c1-18-13-6-4-10(8-14(13)19-2)17-12-5-3-9(15)7-11(12)16/h3-8,17H,1-2H3. The van der Waals surface area contributed by atoms with Gasteiger partial charge in [-0.15, -0.1) is 0 Å². The highest BCUT2D eigenvalue weighted by Gasteiger charge is 2.07. The molecule has 0 bridgehead atoms. The molecule has 1 N–H and O–H groups in total. The number of methoxy groups -OCH3 is 2. The van der Waals surface area contributed by atoms with Crippen LogP contribution >= 0.6 is 0 Å². The molecule has 2 aromatic rings. The second kappa shape index (κ2) is 5.56. The van der Waals surface area contributed by atoms with Gasteiger partial charge >= 0.3 is 0 Å². The Labute approximate surface area is 109 Å². The molecule has 2 aromatic carbocycles. The molecule has 0 amide bonds. The van der Waals surface area contributed by atoms with E-state index in [1.165, 1.54) is 26.4 Å². The molecular weight excluding hydrogens is 252 g/mol. The maximum Gasteiger partial charge on any atom is 0.162 e. The second-order valence-electron chi connectivity index (χ2n) is 3.82. The van der Waals surface area contributed by atoms with Crippen LogP contribution in [0.4, 0.5) is 20.2 Å². The molecule has 0 aliphatic rings. The first-order chi connectivity index (χ1) is 9.13. The minimum Gasteiger partial charge on any atom is -0.493 e. The van der Waals surface area contributed by atoms with E-state index in [1.54, 1.807) is 18.2 Å². The normalized spacial score (nSPS) is 10.1. The summed E-state index contributed by atoms with van der Waals surface area (Å²) in [6.07, 6.45) is 0. The molecule has 0 saturated heterocycles. The molecule has 5 heteroatoms. The van der Waals surface area contributed by atoms with Crippen LogP contribution in [0.15, 0.2) is 36.4 Å². The Kier molecular flexibility index (Phi) is 3.85. The van der Waals surface area contributed by atoms with E-state index in [0.717, 1.165) is 6.07 Å². The molecule has 2 rings (SSSR count). The average molecular weight is 265 g/mol. The number of halogens is 2. The fraction of sp³-hybridized carbons (Fsp3) is 0.143. The Bertz CT molecular complexity index is 588. The highest BCUT2D eigenvalue weighted by molar-refractivity contribution is 5.63. The predicted molar refractivity (Wildman–Crippen MR) is 69.2 cm³/mol. The monoisotopic (exact) mass is 265 g/mol. The van der Waals surface area contributed by atoms with Gasteiger partial charge in [0.1, 0.15) is 11.6 Å². The van der Waals surface area contributed by atoms with Gasteiger partial charge in [-0.1, -0.05) is 0 Å². The van der Waals surface area contributed by atoms with Gasteiger partial charge in [-0.25, -0.2) is 8.78 Å². The van der Waals surface area contributed by atoms with Crippen molar-refractivity contribution < 1.29 is 18.3 Å². The molecule has 0 aliphatic carbocycles. The lowest BCUT2D eigenvalue weighted by atomic mass is 10.2. The van der Waals surface area contributed by atoms with Crippen molar-refractivity contribution in [3.63, 3.8) is 0 Å². The fourth-order valence-electron chi connectivity index (χ4n) is 1.66. The van der Waals surface area contributed by atoms with Crippen molar-refractivity contribution in [3.05, 3.63) is 48.0 Å². The van der Waals surface area contributed by atoms with Crippen LogP contribution in [0.25, 0.3) is 0 Å². The summed E-state index contributed by atoms with van der Waals surface area (Å²) < 4.78 is 36.6. The molecule has 0 radical (unpaired) electrons. The third-order valence-electron chi connectivity index (χ3n) is 2.59. The van der Waals surface area contributed by atoms with Crippen LogP contribution in [0.2, 0.25) is 0 Å². The zero-order valence-electron chi connectivity index (χ0n) is 10.5. The van der Waals surface area contributed by atoms with Gasteiger partial charge in [0.15, 0.2) is 11.5 Å². The van der Waals surface area contributed by atoms with Gasteiger partial charge in [-0.05, 0) is 24.3 Å². The summed E-state index contributed by atoms with van der Waals surface area (Å²) in [7, 11) is 3.05. The van der Waals surface area contributed by atoms with Gasteiger partial charge in [-0.3, -0.25) is 0 Å². The van der Waals surface area contributed by atoms with Crippen LogP contribution in [-0.4, -0.2) is 14.2 Å². The maximum absolute atomic E-state index is 13.5. The summed E-state index contributed by atoms with van der Waals surface area (Å²) in [5, 5.41) is 2.85. The first-order valence-electron chi connectivity index (χ1n) is 5.58. The highest BCUT2D eigenvalue weighted by atomic mass is 19.1. The summed E-state index contributed by atoms with van der Waals surface area (Å²) in [4.78, 5) is 0. The van der Waals surface area contributed by atoms with E-state index in [0.29, 0.717) is 17.2 Å².